The molecule has 1 amide bonds. The molecule has 1 aromatic rings. The van der Waals surface area contributed by atoms with E-state index in [0.717, 1.165) is 4.90 Å². The summed E-state index contributed by atoms with van der Waals surface area (Å²) in [6, 6.07) is 8.53. The molecule has 0 aliphatic rings. The van der Waals surface area contributed by atoms with Crippen molar-refractivity contribution >= 4 is 6.09 Å². The fourth-order valence-electron chi connectivity index (χ4n) is 1.65. The minimum absolute atomic E-state index is 0.0805. The highest BCUT2D eigenvalue weighted by Gasteiger charge is 2.40. The van der Waals surface area contributed by atoms with E-state index >= 15 is 0 Å². The Balaban J connectivity index is 2.87. The van der Waals surface area contributed by atoms with Crippen molar-refractivity contribution in [3.63, 3.8) is 0 Å². The van der Waals surface area contributed by atoms with Crippen molar-refractivity contribution in [2.24, 2.45) is 0 Å². The molecule has 0 aromatic heterocycles. The maximum Gasteiger partial charge on any atom is 0.416 e. The average molecular weight is 319 g/mol. The van der Waals surface area contributed by atoms with Crippen LogP contribution in [0.5, 0.6) is 0 Å². The van der Waals surface area contributed by atoms with Crippen molar-refractivity contribution in [1.29, 1.82) is 0 Å². The van der Waals surface area contributed by atoms with Crippen LogP contribution in [0.25, 0.3) is 0 Å². The van der Waals surface area contributed by atoms with Gasteiger partial charge in [-0.3, -0.25) is 0 Å². The summed E-state index contributed by atoms with van der Waals surface area (Å²) in [5.41, 5.74) is -0.197. The second kappa shape index (κ2) is 7.00. The number of alkyl halides is 3. The van der Waals surface area contributed by atoms with E-state index in [4.69, 9.17) is 4.74 Å². The van der Waals surface area contributed by atoms with E-state index in [1.807, 2.05) is 0 Å². The van der Waals surface area contributed by atoms with Gasteiger partial charge in [-0.1, -0.05) is 30.3 Å². The molecule has 0 spiro atoms. The number of aliphatic hydroxyl groups excluding tert-OH is 1. The molecule has 0 saturated carbocycles. The van der Waals surface area contributed by atoms with Crippen molar-refractivity contribution in [2.75, 3.05) is 6.54 Å². The van der Waals surface area contributed by atoms with Gasteiger partial charge in [0.25, 0.3) is 0 Å². The molecule has 7 heteroatoms. The van der Waals surface area contributed by atoms with Crippen LogP contribution in [0.4, 0.5) is 18.0 Å². The van der Waals surface area contributed by atoms with Crippen molar-refractivity contribution in [1.82, 2.24) is 4.90 Å². The van der Waals surface area contributed by atoms with E-state index in [1.165, 1.54) is 0 Å². The fraction of sp³-hybridized carbons (Fsp3) is 0.533. The maximum atomic E-state index is 12.5. The molecule has 0 bridgehead atoms. The Morgan fingerprint density at radius 1 is 1.23 bits per heavy atom. The average Bonchev–Trinajstić information content (AvgIpc) is 2.36. The normalized spacial score (nSPS) is 13.6. The first-order valence-electron chi connectivity index (χ1n) is 6.75. The number of rotatable bonds is 4. The third-order valence-corrected chi connectivity index (χ3v) is 2.64. The number of amides is 1. The zero-order valence-electron chi connectivity index (χ0n) is 12.7. The van der Waals surface area contributed by atoms with Gasteiger partial charge in [0.2, 0.25) is 0 Å². The van der Waals surface area contributed by atoms with Gasteiger partial charge in [0.05, 0.1) is 6.54 Å². The van der Waals surface area contributed by atoms with Gasteiger partial charge in [-0.25, -0.2) is 4.79 Å². The lowest BCUT2D eigenvalue weighted by atomic mass is 10.2. The number of hydrogen-bond donors (Lipinski definition) is 1. The van der Waals surface area contributed by atoms with Gasteiger partial charge in [-0.15, -0.1) is 0 Å². The molecule has 1 rings (SSSR count). The maximum absolute atomic E-state index is 12.5. The number of nitrogens with zero attached hydrogens (tertiary/aromatic N) is 1. The van der Waals surface area contributed by atoms with Crippen LogP contribution >= 0.6 is 0 Å². The molecule has 4 nitrogen and oxygen atoms in total. The van der Waals surface area contributed by atoms with Gasteiger partial charge in [0.15, 0.2) is 6.10 Å². The minimum atomic E-state index is -4.79. The highest BCUT2D eigenvalue weighted by Crippen LogP contribution is 2.22. The molecule has 0 aliphatic heterocycles. The minimum Gasteiger partial charge on any atom is -0.444 e. The summed E-state index contributed by atoms with van der Waals surface area (Å²) < 4.78 is 42.7. The summed E-state index contributed by atoms with van der Waals surface area (Å²) in [5.74, 6) is 0. The van der Waals surface area contributed by atoms with E-state index in [9.17, 15) is 23.1 Å². The van der Waals surface area contributed by atoms with Crippen molar-refractivity contribution in [3.8, 4) is 0 Å². The van der Waals surface area contributed by atoms with Gasteiger partial charge in [0, 0.05) is 6.54 Å². The molecular formula is C15H20F3NO3. The van der Waals surface area contributed by atoms with E-state index in [1.54, 1.807) is 51.1 Å². The summed E-state index contributed by atoms with van der Waals surface area (Å²) in [5, 5.41) is 9.21. The lowest BCUT2D eigenvalue weighted by molar-refractivity contribution is -0.207. The third-order valence-electron chi connectivity index (χ3n) is 2.64. The summed E-state index contributed by atoms with van der Waals surface area (Å²) in [4.78, 5) is 12.9. The van der Waals surface area contributed by atoms with Gasteiger partial charge in [-0.2, -0.15) is 13.2 Å². The SMILES string of the molecule is CC(C)(C)OC(=O)N(Cc1ccccc1)CC(O)C(F)(F)F. The van der Waals surface area contributed by atoms with Crippen molar-refractivity contribution in [3.05, 3.63) is 35.9 Å². The molecule has 22 heavy (non-hydrogen) atoms. The molecule has 0 saturated heterocycles. The quantitative estimate of drug-likeness (QED) is 0.926. The Bertz CT molecular complexity index is 483. The summed E-state index contributed by atoms with van der Waals surface area (Å²) >= 11 is 0. The largest absolute Gasteiger partial charge is 0.444 e. The monoisotopic (exact) mass is 319 g/mol. The predicted molar refractivity (Wildman–Crippen MR) is 75.1 cm³/mol. The Morgan fingerprint density at radius 3 is 2.23 bits per heavy atom. The van der Waals surface area contributed by atoms with Crippen LogP contribution in [0, 0.1) is 0 Å². The van der Waals surface area contributed by atoms with Crippen LogP contribution in [0.3, 0.4) is 0 Å². The Hall–Kier alpha value is -1.76. The summed E-state index contributed by atoms with van der Waals surface area (Å²) in [7, 11) is 0. The molecule has 1 aromatic carbocycles. The van der Waals surface area contributed by atoms with E-state index in [0.29, 0.717) is 5.56 Å². The molecule has 0 heterocycles. The molecular weight excluding hydrogens is 299 g/mol. The lowest BCUT2D eigenvalue weighted by Gasteiger charge is -2.29. The number of aliphatic hydroxyl groups is 1. The summed E-state index contributed by atoms with van der Waals surface area (Å²) in [6.07, 6.45) is -8.32. The zero-order valence-corrected chi connectivity index (χ0v) is 12.7. The molecule has 0 fully saturated rings. The van der Waals surface area contributed by atoms with Gasteiger partial charge < -0.3 is 14.7 Å². The second-order valence-electron chi connectivity index (χ2n) is 5.90. The van der Waals surface area contributed by atoms with Crippen LogP contribution in [0.2, 0.25) is 0 Å². The molecule has 0 radical (unpaired) electrons. The number of ether oxygens (including phenoxy) is 1. The number of carbonyl (C=O) groups is 1. The van der Waals surface area contributed by atoms with Gasteiger partial charge >= 0.3 is 12.3 Å². The molecule has 1 atom stereocenters. The van der Waals surface area contributed by atoms with Gasteiger partial charge in [0.1, 0.15) is 5.60 Å². The van der Waals surface area contributed by atoms with Crippen LogP contribution in [0.1, 0.15) is 26.3 Å². The first-order valence-corrected chi connectivity index (χ1v) is 6.75. The number of hydrogen-bond acceptors (Lipinski definition) is 3. The molecule has 0 aliphatic carbocycles. The first kappa shape index (κ1) is 18.3. The standard InChI is InChI=1S/C15H20F3NO3/c1-14(2,3)22-13(21)19(10-12(20)15(16,17)18)9-11-7-5-4-6-8-11/h4-8,12,20H,9-10H2,1-3H3. The van der Waals surface area contributed by atoms with Crippen LogP contribution in [-0.4, -0.2) is 40.5 Å². The fourth-order valence-corrected chi connectivity index (χ4v) is 1.65. The number of halogens is 3. The highest BCUT2D eigenvalue weighted by atomic mass is 19.4. The Morgan fingerprint density at radius 2 is 1.77 bits per heavy atom. The van der Waals surface area contributed by atoms with E-state index < -0.39 is 30.5 Å². The zero-order chi connectivity index (χ0) is 17.0. The third kappa shape index (κ3) is 6.34. The molecule has 1 unspecified atom stereocenters. The number of benzene rings is 1. The van der Waals surface area contributed by atoms with Gasteiger partial charge in [-0.05, 0) is 26.3 Å². The Labute approximate surface area is 127 Å². The molecule has 124 valence electrons. The van der Waals surface area contributed by atoms with Crippen LogP contribution in [-0.2, 0) is 11.3 Å². The lowest BCUT2D eigenvalue weighted by Crippen LogP contribution is -2.45. The second-order valence-corrected chi connectivity index (χ2v) is 5.90. The number of carbonyl (C=O) groups excluding carboxylic acids is 1. The van der Waals surface area contributed by atoms with Crippen LogP contribution in [0.15, 0.2) is 30.3 Å². The molecule has 1 N–H and O–H groups in total. The smallest absolute Gasteiger partial charge is 0.416 e. The summed E-state index contributed by atoms with van der Waals surface area (Å²) in [6.45, 7) is 3.89. The first-order chi connectivity index (χ1) is 9.99. The predicted octanol–water partition coefficient (Wildman–Crippen LogP) is 3.35. The Kier molecular flexibility index (Phi) is 5.82. The van der Waals surface area contributed by atoms with Crippen molar-refractivity contribution in [2.45, 2.75) is 45.2 Å². The van der Waals surface area contributed by atoms with E-state index in [-0.39, 0.29) is 6.54 Å². The topological polar surface area (TPSA) is 49.8 Å². The van der Waals surface area contributed by atoms with E-state index in [2.05, 4.69) is 0 Å². The highest BCUT2D eigenvalue weighted by molar-refractivity contribution is 5.68. The van der Waals surface area contributed by atoms with Crippen LogP contribution < -0.4 is 0 Å². The van der Waals surface area contributed by atoms with Crippen molar-refractivity contribution < 1.29 is 27.8 Å².